The van der Waals surface area contributed by atoms with Crippen molar-refractivity contribution in [2.24, 2.45) is 0 Å². The summed E-state index contributed by atoms with van der Waals surface area (Å²) in [6.45, 7) is 0. The minimum atomic E-state index is 0.402. The Labute approximate surface area is 135 Å². The van der Waals surface area contributed by atoms with E-state index in [0.717, 1.165) is 23.0 Å². The van der Waals surface area contributed by atoms with Crippen molar-refractivity contribution in [1.29, 1.82) is 0 Å². The van der Waals surface area contributed by atoms with Gasteiger partial charge in [-0.05, 0) is 40.9 Å². The molecule has 1 fully saturated rings. The zero-order valence-corrected chi connectivity index (χ0v) is 13.8. The van der Waals surface area contributed by atoms with Crippen molar-refractivity contribution < 1.29 is 4.74 Å². The molecule has 3 nitrogen and oxygen atoms in total. The van der Waals surface area contributed by atoms with Gasteiger partial charge in [-0.25, -0.2) is 9.97 Å². The van der Waals surface area contributed by atoms with Crippen LogP contribution in [0.4, 0.5) is 0 Å². The van der Waals surface area contributed by atoms with Gasteiger partial charge in [0.05, 0.1) is 27.9 Å². The molecule has 1 aliphatic carbocycles. The number of nitrogens with zero attached hydrogens (tertiary/aromatic N) is 2. The summed E-state index contributed by atoms with van der Waals surface area (Å²) in [5, 5.41) is 0.948. The molecular weight excluding hydrogens is 363 g/mol. The van der Waals surface area contributed by atoms with Gasteiger partial charge in [0.2, 0.25) is 0 Å². The number of hydrogen-bond acceptors (Lipinski definition) is 3. The van der Waals surface area contributed by atoms with Crippen LogP contribution >= 0.6 is 39.1 Å². The average Bonchev–Trinajstić information content (AvgIpc) is 3.26. The summed E-state index contributed by atoms with van der Waals surface area (Å²) < 4.78 is 6.12. The van der Waals surface area contributed by atoms with Crippen LogP contribution in [0.15, 0.2) is 22.7 Å². The van der Waals surface area contributed by atoms with Crippen LogP contribution in [0.5, 0.6) is 5.75 Å². The summed E-state index contributed by atoms with van der Waals surface area (Å²) in [6.07, 6.45) is 2.26. The molecule has 2 aromatic rings. The average molecular weight is 374 g/mol. The Morgan fingerprint density at radius 1 is 1.25 bits per heavy atom. The molecule has 0 spiro atoms. The number of aromatic nitrogens is 2. The van der Waals surface area contributed by atoms with Gasteiger partial charge in [-0.3, -0.25) is 0 Å². The first kappa shape index (κ1) is 14.1. The molecule has 0 atom stereocenters. The fraction of sp³-hybridized carbons (Fsp3) is 0.286. The van der Waals surface area contributed by atoms with E-state index < -0.39 is 0 Å². The van der Waals surface area contributed by atoms with Crippen LogP contribution in [0.25, 0.3) is 11.4 Å². The quantitative estimate of drug-likeness (QED) is 0.702. The standard InChI is InChI=1S/C14H11BrCl2N2O/c1-20-9-4-2-3-8(16)10(9)14-18-12(7-5-6-7)11(15)13(17)19-14/h2-4,7H,5-6H2,1H3. The van der Waals surface area contributed by atoms with E-state index >= 15 is 0 Å². The van der Waals surface area contributed by atoms with E-state index in [9.17, 15) is 0 Å². The molecular formula is C14H11BrCl2N2O. The summed E-state index contributed by atoms with van der Waals surface area (Å²) in [6, 6.07) is 5.44. The molecule has 0 aliphatic heterocycles. The number of hydrogen-bond donors (Lipinski definition) is 0. The lowest BCUT2D eigenvalue weighted by Gasteiger charge is -2.12. The molecule has 20 heavy (non-hydrogen) atoms. The van der Waals surface area contributed by atoms with E-state index in [0.29, 0.717) is 33.2 Å². The Balaban J connectivity index is 2.20. The highest BCUT2D eigenvalue weighted by atomic mass is 79.9. The Kier molecular flexibility index (Phi) is 3.89. The molecule has 1 aromatic heterocycles. The van der Waals surface area contributed by atoms with Crippen molar-refractivity contribution in [1.82, 2.24) is 9.97 Å². The summed E-state index contributed by atoms with van der Waals surface area (Å²) in [5.74, 6) is 1.59. The van der Waals surface area contributed by atoms with Gasteiger partial charge in [0.25, 0.3) is 0 Å². The molecule has 1 heterocycles. The van der Waals surface area contributed by atoms with Gasteiger partial charge < -0.3 is 4.74 Å². The van der Waals surface area contributed by atoms with Crippen molar-refractivity contribution in [3.05, 3.63) is 38.5 Å². The highest BCUT2D eigenvalue weighted by Crippen LogP contribution is 2.45. The van der Waals surface area contributed by atoms with E-state index in [2.05, 4.69) is 25.9 Å². The second-order valence-electron chi connectivity index (χ2n) is 4.63. The van der Waals surface area contributed by atoms with Crippen LogP contribution in [0.2, 0.25) is 10.2 Å². The molecule has 1 aliphatic rings. The van der Waals surface area contributed by atoms with Gasteiger partial charge in [0.15, 0.2) is 5.82 Å². The Morgan fingerprint density at radius 2 is 2.00 bits per heavy atom. The fourth-order valence-corrected chi connectivity index (χ4v) is 2.99. The van der Waals surface area contributed by atoms with Gasteiger partial charge in [0, 0.05) is 5.92 Å². The van der Waals surface area contributed by atoms with E-state index in [1.807, 2.05) is 12.1 Å². The lowest BCUT2D eigenvalue weighted by molar-refractivity contribution is 0.416. The van der Waals surface area contributed by atoms with E-state index in [-0.39, 0.29) is 0 Å². The topological polar surface area (TPSA) is 35.0 Å². The first-order chi connectivity index (χ1) is 9.61. The molecule has 0 N–H and O–H groups in total. The highest BCUT2D eigenvalue weighted by molar-refractivity contribution is 9.10. The smallest absolute Gasteiger partial charge is 0.166 e. The molecule has 0 radical (unpaired) electrons. The zero-order chi connectivity index (χ0) is 14.3. The number of benzene rings is 1. The van der Waals surface area contributed by atoms with Crippen molar-refractivity contribution >= 4 is 39.1 Å². The third kappa shape index (κ3) is 2.52. The Bertz CT molecular complexity index is 674. The van der Waals surface area contributed by atoms with Crippen LogP contribution in [0.3, 0.4) is 0 Å². The summed E-state index contributed by atoms with van der Waals surface area (Å²) in [5.41, 5.74) is 1.62. The normalized spacial score (nSPS) is 14.4. The molecule has 0 saturated heterocycles. The number of halogens is 3. The van der Waals surface area contributed by atoms with Crippen LogP contribution in [-0.2, 0) is 0 Å². The van der Waals surface area contributed by atoms with Gasteiger partial charge >= 0.3 is 0 Å². The van der Waals surface area contributed by atoms with Crippen LogP contribution in [-0.4, -0.2) is 17.1 Å². The van der Waals surface area contributed by atoms with Crippen LogP contribution < -0.4 is 4.74 Å². The summed E-state index contributed by atoms with van der Waals surface area (Å²) in [4.78, 5) is 8.95. The zero-order valence-electron chi connectivity index (χ0n) is 10.7. The van der Waals surface area contributed by atoms with Gasteiger partial charge in [0.1, 0.15) is 10.9 Å². The third-order valence-corrected chi connectivity index (χ3v) is 4.82. The molecule has 1 aromatic carbocycles. The SMILES string of the molecule is COc1cccc(Cl)c1-c1nc(Cl)c(Br)c(C2CC2)n1. The van der Waals surface area contributed by atoms with Gasteiger partial charge in [-0.2, -0.15) is 0 Å². The highest BCUT2D eigenvalue weighted by Gasteiger charge is 2.30. The van der Waals surface area contributed by atoms with Crippen molar-refractivity contribution in [3.8, 4) is 17.1 Å². The molecule has 1 saturated carbocycles. The number of methoxy groups -OCH3 is 1. The fourth-order valence-electron chi connectivity index (χ4n) is 2.07. The molecule has 0 unspecified atom stereocenters. The van der Waals surface area contributed by atoms with Crippen molar-refractivity contribution in [2.75, 3.05) is 7.11 Å². The number of rotatable bonds is 3. The van der Waals surface area contributed by atoms with E-state index in [4.69, 9.17) is 27.9 Å². The second-order valence-corrected chi connectivity index (χ2v) is 6.19. The maximum Gasteiger partial charge on any atom is 0.166 e. The molecule has 3 rings (SSSR count). The molecule has 6 heteroatoms. The summed E-state index contributed by atoms with van der Waals surface area (Å²) >= 11 is 15.9. The maximum atomic E-state index is 6.27. The monoisotopic (exact) mass is 372 g/mol. The molecule has 0 amide bonds. The molecule has 104 valence electrons. The second kappa shape index (κ2) is 5.51. The van der Waals surface area contributed by atoms with E-state index in [1.165, 1.54) is 0 Å². The predicted molar refractivity (Wildman–Crippen MR) is 83.7 cm³/mol. The summed E-state index contributed by atoms with van der Waals surface area (Å²) in [7, 11) is 1.59. The minimum Gasteiger partial charge on any atom is -0.496 e. The molecule has 0 bridgehead atoms. The van der Waals surface area contributed by atoms with Gasteiger partial charge in [-0.1, -0.05) is 29.3 Å². The third-order valence-electron chi connectivity index (χ3n) is 3.22. The maximum absolute atomic E-state index is 6.27. The van der Waals surface area contributed by atoms with Gasteiger partial charge in [-0.15, -0.1) is 0 Å². The van der Waals surface area contributed by atoms with Crippen LogP contribution in [0.1, 0.15) is 24.5 Å². The Hall–Kier alpha value is -0.840. The lowest BCUT2D eigenvalue weighted by atomic mass is 10.1. The first-order valence-electron chi connectivity index (χ1n) is 6.17. The van der Waals surface area contributed by atoms with Crippen LogP contribution in [0, 0.1) is 0 Å². The van der Waals surface area contributed by atoms with Crippen molar-refractivity contribution in [3.63, 3.8) is 0 Å². The van der Waals surface area contributed by atoms with E-state index in [1.54, 1.807) is 13.2 Å². The predicted octanol–water partition coefficient (Wildman–Crippen LogP) is 5.10. The largest absolute Gasteiger partial charge is 0.496 e. The van der Waals surface area contributed by atoms with Crippen molar-refractivity contribution in [2.45, 2.75) is 18.8 Å². The number of ether oxygens (including phenoxy) is 1. The lowest BCUT2D eigenvalue weighted by Crippen LogP contribution is -1.99. The Morgan fingerprint density at radius 3 is 2.65 bits per heavy atom. The first-order valence-corrected chi connectivity index (χ1v) is 7.72. The minimum absolute atomic E-state index is 0.402.